The second kappa shape index (κ2) is 5.23. The first-order valence-corrected chi connectivity index (χ1v) is 6.32. The zero-order valence-corrected chi connectivity index (χ0v) is 9.81. The second-order valence-corrected chi connectivity index (χ2v) is 5.29. The normalized spacial score (nSPS) is 27.9. The molecule has 3 heteroatoms. The fourth-order valence-corrected chi connectivity index (χ4v) is 3.05. The minimum atomic E-state index is 0.607. The summed E-state index contributed by atoms with van der Waals surface area (Å²) in [6.45, 7) is 5.33. The van der Waals surface area contributed by atoms with E-state index in [9.17, 15) is 0 Å². The van der Waals surface area contributed by atoms with Crippen LogP contribution in [0.4, 0.5) is 0 Å². The van der Waals surface area contributed by atoms with Gasteiger partial charge in [-0.05, 0) is 38.6 Å². The van der Waals surface area contributed by atoms with Crippen molar-refractivity contribution in [1.82, 2.24) is 4.90 Å². The van der Waals surface area contributed by atoms with Crippen LogP contribution in [-0.4, -0.2) is 42.1 Å². The van der Waals surface area contributed by atoms with E-state index in [1.54, 1.807) is 0 Å². The minimum absolute atomic E-state index is 0.607. The molecule has 0 saturated carbocycles. The fraction of sp³-hybridized carbons (Fsp3) is 1.00. The summed E-state index contributed by atoms with van der Waals surface area (Å²) in [6, 6.07) is 1.41. The van der Waals surface area contributed by atoms with E-state index in [0.29, 0.717) is 12.0 Å². The molecule has 1 aliphatic heterocycles. The van der Waals surface area contributed by atoms with Gasteiger partial charge in [0, 0.05) is 17.8 Å². The Hall–Kier alpha value is 0.270. The molecule has 3 atom stereocenters. The Morgan fingerprint density at radius 1 is 1.54 bits per heavy atom. The molecule has 2 nitrogen and oxygen atoms in total. The van der Waals surface area contributed by atoms with E-state index in [0.717, 1.165) is 12.6 Å². The summed E-state index contributed by atoms with van der Waals surface area (Å²) < 4.78 is 0. The largest absolute Gasteiger partial charge is 0.330 e. The van der Waals surface area contributed by atoms with Crippen molar-refractivity contribution in [2.24, 2.45) is 11.7 Å². The van der Waals surface area contributed by atoms with Crippen molar-refractivity contribution >= 4 is 11.8 Å². The summed E-state index contributed by atoms with van der Waals surface area (Å²) >= 11 is 2.07. The van der Waals surface area contributed by atoms with E-state index in [1.807, 2.05) is 0 Å². The first kappa shape index (κ1) is 11.3. The molecule has 78 valence electrons. The van der Waals surface area contributed by atoms with E-state index in [-0.39, 0.29) is 0 Å². The van der Waals surface area contributed by atoms with Crippen LogP contribution in [0.25, 0.3) is 0 Å². The molecule has 0 bridgehead atoms. The lowest BCUT2D eigenvalue weighted by Crippen LogP contribution is -2.43. The van der Waals surface area contributed by atoms with Gasteiger partial charge in [0.1, 0.15) is 0 Å². The van der Waals surface area contributed by atoms with Gasteiger partial charge in [-0.2, -0.15) is 11.8 Å². The average molecular weight is 202 g/mol. The van der Waals surface area contributed by atoms with E-state index in [1.165, 1.54) is 17.9 Å². The molecule has 0 aromatic rings. The SMILES string of the molecule is CC(CN)C(C)N(C)C1CCSC1. The van der Waals surface area contributed by atoms with Gasteiger partial charge >= 0.3 is 0 Å². The Balaban J connectivity index is 2.40. The Kier molecular flexibility index (Phi) is 4.56. The molecule has 0 aromatic carbocycles. The van der Waals surface area contributed by atoms with Gasteiger partial charge in [-0.3, -0.25) is 4.90 Å². The molecule has 1 rings (SSSR count). The zero-order chi connectivity index (χ0) is 9.84. The Morgan fingerprint density at radius 3 is 2.69 bits per heavy atom. The van der Waals surface area contributed by atoms with Crippen molar-refractivity contribution < 1.29 is 0 Å². The molecule has 1 aliphatic rings. The maximum absolute atomic E-state index is 5.68. The van der Waals surface area contributed by atoms with Crippen molar-refractivity contribution in [2.75, 3.05) is 25.1 Å². The smallest absolute Gasteiger partial charge is 0.0194 e. The molecule has 0 amide bonds. The molecule has 0 spiro atoms. The lowest BCUT2D eigenvalue weighted by atomic mass is 10.0. The van der Waals surface area contributed by atoms with E-state index in [2.05, 4.69) is 37.6 Å². The summed E-state index contributed by atoms with van der Waals surface area (Å²) in [6.07, 6.45) is 1.35. The summed E-state index contributed by atoms with van der Waals surface area (Å²) in [5.74, 6) is 3.24. The van der Waals surface area contributed by atoms with Gasteiger partial charge in [-0.25, -0.2) is 0 Å². The topological polar surface area (TPSA) is 29.3 Å². The van der Waals surface area contributed by atoms with Crippen LogP contribution in [-0.2, 0) is 0 Å². The third-order valence-corrected chi connectivity index (χ3v) is 4.46. The first-order valence-electron chi connectivity index (χ1n) is 5.16. The molecule has 13 heavy (non-hydrogen) atoms. The standard InChI is InChI=1S/C10H22N2S/c1-8(6-11)9(2)12(3)10-4-5-13-7-10/h8-10H,4-7,11H2,1-3H3. The Labute approximate surface area is 86.2 Å². The van der Waals surface area contributed by atoms with Crippen LogP contribution >= 0.6 is 11.8 Å². The predicted octanol–water partition coefficient (Wildman–Crippen LogP) is 1.41. The highest BCUT2D eigenvalue weighted by Crippen LogP contribution is 2.24. The summed E-state index contributed by atoms with van der Waals surface area (Å²) in [4.78, 5) is 2.51. The lowest BCUT2D eigenvalue weighted by Gasteiger charge is -2.33. The predicted molar refractivity (Wildman–Crippen MR) is 61.2 cm³/mol. The number of thioether (sulfide) groups is 1. The van der Waals surface area contributed by atoms with Crippen molar-refractivity contribution in [3.05, 3.63) is 0 Å². The number of hydrogen-bond acceptors (Lipinski definition) is 3. The minimum Gasteiger partial charge on any atom is -0.330 e. The van der Waals surface area contributed by atoms with Gasteiger partial charge in [-0.1, -0.05) is 6.92 Å². The lowest BCUT2D eigenvalue weighted by molar-refractivity contribution is 0.157. The van der Waals surface area contributed by atoms with Gasteiger partial charge in [-0.15, -0.1) is 0 Å². The molecule has 0 radical (unpaired) electrons. The third-order valence-electron chi connectivity index (χ3n) is 3.32. The molecular weight excluding hydrogens is 180 g/mol. The molecule has 1 heterocycles. The molecule has 0 aliphatic carbocycles. The number of nitrogens with zero attached hydrogens (tertiary/aromatic N) is 1. The molecule has 1 saturated heterocycles. The molecule has 0 aromatic heterocycles. The van der Waals surface area contributed by atoms with Crippen LogP contribution in [0.1, 0.15) is 20.3 Å². The molecule has 2 N–H and O–H groups in total. The average Bonchev–Trinajstić information content (AvgIpc) is 2.67. The molecular formula is C10H22N2S. The fourth-order valence-electron chi connectivity index (χ4n) is 1.77. The third kappa shape index (κ3) is 2.86. The second-order valence-electron chi connectivity index (χ2n) is 4.14. The Bertz CT molecular complexity index is 146. The molecule has 1 fully saturated rings. The van der Waals surface area contributed by atoms with Crippen LogP contribution in [0.5, 0.6) is 0 Å². The van der Waals surface area contributed by atoms with Crippen molar-refractivity contribution in [2.45, 2.75) is 32.4 Å². The van der Waals surface area contributed by atoms with Crippen LogP contribution in [0, 0.1) is 5.92 Å². The van der Waals surface area contributed by atoms with Crippen molar-refractivity contribution in [1.29, 1.82) is 0 Å². The van der Waals surface area contributed by atoms with Gasteiger partial charge in [0.25, 0.3) is 0 Å². The van der Waals surface area contributed by atoms with Crippen molar-refractivity contribution in [3.63, 3.8) is 0 Å². The summed E-state index contributed by atoms with van der Waals surface area (Å²) in [5.41, 5.74) is 5.68. The van der Waals surface area contributed by atoms with Gasteiger partial charge in [0.2, 0.25) is 0 Å². The maximum Gasteiger partial charge on any atom is 0.0194 e. The van der Waals surface area contributed by atoms with E-state index < -0.39 is 0 Å². The quantitative estimate of drug-likeness (QED) is 0.747. The summed E-state index contributed by atoms with van der Waals surface area (Å²) in [5, 5.41) is 0. The van der Waals surface area contributed by atoms with Gasteiger partial charge in [0.15, 0.2) is 0 Å². The maximum atomic E-state index is 5.68. The van der Waals surface area contributed by atoms with Gasteiger partial charge in [0.05, 0.1) is 0 Å². The van der Waals surface area contributed by atoms with Gasteiger partial charge < -0.3 is 5.73 Å². The highest BCUT2D eigenvalue weighted by atomic mass is 32.2. The monoisotopic (exact) mass is 202 g/mol. The van der Waals surface area contributed by atoms with Crippen LogP contribution in [0.2, 0.25) is 0 Å². The first-order chi connectivity index (χ1) is 6.16. The summed E-state index contributed by atoms with van der Waals surface area (Å²) in [7, 11) is 2.24. The Morgan fingerprint density at radius 2 is 2.23 bits per heavy atom. The van der Waals surface area contributed by atoms with Crippen LogP contribution in [0.3, 0.4) is 0 Å². The highest BCUT2D eigenvalue weighted by molar-refractivity contribution is 7.99. The number of rotatable bonds is 4. The van der Waals surface area contributed by atoms with E-state index >= 15 is 0 Å². The van der Waals surface area contributed by atoms with Crippen molar-refractivity contribution in [3.8, 4) is 0 Å². The zero-order valence-electron chi connectivity index (χ0n) is 8.99. The number of nitrogens with two attached hydrogens (primary N) is 1. The van der Waals surface area contributed by atoms with E-state index in [4.69, 9.17) is 5.73 Å². The van der Waals surface area contributed by atoms with Crippen LogP contribution < -0.4 is 5.73 Å². The van der Waals surface area contributed by atoms with Crippen LogP contribution in [0.15, 0.2) is 0 Å². The highest BCUT2D eigenvalue weighted by Gasteiger charge is 2.25. The molecule has 3 unspecified atom stereocenters. The number of hydrogen-bond donors (Lipinski definition) is 1.